The molecular formula is C16H32N2S. The third-order valence-corrected chi connectivity index (χ3v) is 6.28. The average Bonchev–Trinajstić information content (AvgIpc) is 2.36. The Morgan fingerprint density at radius 1 is 1.21 bits per heavy atom. The molecule has 0 bridgehead atoms. The lowest BCUT2D eigenvalue weighted by atomic mass is 9.72. The second kappa shape index (κ2) is 7.33. The molecule has 3 heteroatoms. The molecular weight excluding hydrogens is 252 g/mol. The smallest absolute Gasteiger partial charge is 0.0158 e. The van der Waals surface area contributed by atoms with Gasteiger partial charge in [0.1, 0.15) is 0 Å². The van der Waals surface area contributed by atoms with E-state index in [4.69, 9.17) is 0 Å². The van der Waals surface area contributed by atoms with Gasteiger partial charge in [0.2, 0.25) is 0 Å². The van der Waals surface area contributed by atoms with E-state index in [1.807, 2.05) is 0 Å². The van der Waals surface area contributed by atoms with Crippen LogP contribution in [-0.4, -0.2) is 48.1 Å². The maximum atomic E-state index is 3.77. The van der Waals surface area contributed by atoms with Crippen molar-refractivity contribution < 1.29 is 0 Å². The Balaban J connectivity index is 1.97. The molecule has 0 aromatic heterocycles. The Labute approximate surface area is 124 Å². The first-order valence-corrected chi connectivity index (χ1v) is 9.32. The highest BCUT2D eigenvalue weighted by Crippen LogP contribution is 2.35. The minimum absolute atomic E-state index is 0.741. The van der Waals surface area contributed by atoms with Gasteiger partial charge in [0, 0.05) is 36.7 Å². The maximum absolute atomic E-state index is 3.77. The predicted molar refractivity (Wildman–Crippen MR) is 86.9 cm³/mol. The Morgan fingerprint density at radius 3 is 2.68 bits per heavy atom. The Hall–Kier alpha value is 0.270. The number of nitrogens with zero attached hydrogens (tertiary/aromatic N) is 1. The third kappa shape index (κ3) is 4.12. The van der Waals surface area contributed by atoms with Crippen molar-refractivity contribution in [2.24, 2.45) is 17.8 Å². The van der Waals surface area contributed by atoms with Crippen molar-refractivity contribution in [2.45, 2.75) is 52.6 Å². The summed E-state index contributed by atoms with van der Waals surface area (Å²) >= 11 is 2.12. The monoisotopic (exact) mass is 284 g/mol. The Kier molecular flexibility index (Phi) is 6.04. The summed E-state index contributed by atoms with van der Waals surface area (Å²) in [6.07, 6.45) is 2.79. The van der Waals surface area contributed by atoms with Gasteiger partial charge in [-0.15, -0.1) is 0 Å². The van der Waals surface area contributed by atoms with Crippen LogP contribution in [0.2, 0.25) is 0 Å². The molecule has 2 fully saturated rings. The lowest BCUT2D eigenvalue weighted by molar-refractivity contribution is 0.0904. The minimum atomic E-state index is 0.741. The molecule has 0 amide bonds. The summed E-state index contributed by atoms with van der Waals surface area (Å²) in [5.74, 6) is 5.26. The van der Waals surface area contributed by atoms with E-state index in [2.05, 4.69) is 49.7 Å². The van der Waals surface area contributed by atoms with Crippen LogP contribution in [0.3, 0.4) is 0 Å². The van der Waals surface area contributed by atoms with Crippen LogP contribution in [0.4, 0.5) is 0 Å². The summed E-state index contributed by atoms with van der Waals surface area (Å²) in [5.41, 5.74) is 0. The van der Waals surface area contributed by atoms with Crippen molar-refractivity contribution in [1.82, 2.24) is 10.2 Å². The van der Waals surface area contributed by atoms with Crippen molar-refractivity contribution in [3.05, 3.63) is 0 Å². The van der Waals surface area contributed by atoms with E-state index in [0.29, 0.717) is 0 Å². The van der Waals surface area contributed by atoms with Gasteiger partial charge >= 0.3 is 0 Å². The first-order chi connectivity index (χ1) is 9.11. The molecule has 1 N–H and O–H groups in total. The molecule has 5 unspecified atom stereocenters. The molecule has 2 rings (SSSR count). The molecule has 5 atom stereocenters. The maximum Gasteiger partial charge on any atom is 0.0158 e. The molecule has 0 spiro atoms. The van der Waals surface area contributed by atoms with E-state index in [0.717, 1.165) is 36.4 Å². The van der Waals surface area contributed by atoms with Gasteiger partial charge in [0.25, 0.3) is 0 Å². The summed E-state index contributed by atoms with van der Waals surface area (Å²) in [7, 11) is 0. The van der Waals surface area contributed by atoms with Gasteiger partial charge < -0.3 is 5.32 Å². The van der Waals surface area contributed by atoms with E-state index in [-0.39, 0.29) is 0 Å². The molecule has 112 valence electrons. The molecule has 19 heavy (non-hydrogen) atoms. The van der Waals surface area contributed by atoms with Crippen molar-refractivity contribution >= 4 is 11.8 Å². The van der Waals surface area contributed by atoms with Crippen LogP contribution in [0.1, 0.15) is 40.5 Å². The number of hydrogen-bond donors (Lipinski definition) is 1. The van der Waals surface area contributed by atoms with Crippen LogP contribution in [-0.2, 0) is 0 Å². The molecule has 1 saturated carbocycles. The van der Waals surface area contributed by atoms with Gasteiger partial charge in [-0.2, -0.15) is 11.8 Å². The highest BCUT2D eigenvalue weighted by molar-refractivity contribution is 7.99. The predicted octanol–water partition coefficient (Wildman–Crippen LogP) is 3.08. The quantitative estimate of drug-likeness (QED) is 0.854. The van der Waals surface area contributed by atoms with E-state index < -0.39 is 0 Å². The SMILES string of the molecule is CCNC1CC(C)CC(C)C1CN1CCSCC1C. The standard InChI is InChI=1S/C16H32N2S/c1-5-17-16-9-12(2)8-13(3)15(16)10-18-6-7-19-11-14(18)4/h12-17H,5-11H2,1-4H3. The number of rotatable bonds is 4. The lowest BCUT2D eigenvalue weighted by Gasteiger charge is -2.44. The van der Waals surface area contributed by atoms with Crippen molar-refractivity contribution in [3.63, 3.8) is 0 Å². The van der Waals surface area contributed by atoms with Crippen molar-refractivity contribution in [1.29, 1.82) is 0 Å². The fourth-order valence-corrected chi connectivity index (χ4v) is 5.10. The summed E-state index contributed by atoms with van der Waals surface area (Å²) in [4.78, 5) is 2.75. The lowest BCUT2D eigenvalue weighted by Crippen LogP contribution is -2.52. The summed E-state index contributed by atoms with van der Waals surface area (Å²) in [6, 6.07) is 1.51. The van der Waals surface area contributed by atoms with Crippen LogP contribution in [0.5, 0.6) is 0 Å². The topological polar surface area (TPSA) is 15.3 Å². The van der Waals surface area contributed by atoms with Gasteiger partial charge in [-0.25, -0.2) is 0 Å². The number of hydrogen-bond acceptors (Lipinski definition) is 3. The van der Waals surface area contributed by atoms with Crippen LogP contribution in [0.15, 0.2) is 0 Å². The molecule has 1 aliphatic carbocycles. The zero-order valence-corrected chi connectivity index (χ0v) is 14.0. The Bertz CT molecular complexity index is 271. The van der Waals surface area contributed by atoms with Gasteiger partial charge in [0.05, 0.1) is 0 Å². The molecule has 1 saturated heterocycles. The van der Waals surface area contributed by atoms with Gasteiger partial charge in [-0.1, -0.05) is 20.8 Å². The van der Waals surface area contributed by atoms with Crippen LogP contribution < -0.4 is 5.32 Å². The molecule has 0 aromatic carbocycles. The third-order valence-electron chi connectivity index (χ3n) is 5.10. The molecule has 1 heterocycles. The van der Waals surface area contributed by atoms with Crippen LogP contribution in [0, 0.1) is 17.8 Å². The zero-order valence-electron chi connectivity index (χ0n) is 13.2. The van der Waals surface area contributed by atoms with Crippen molar-refractivity contribution in [2.75, 3.05) is 31.1 Å². The van der Waals surface area contributed by atoms with Crippen molar-refractivity contribution in [3.8, 4) is 0 Å². The molecule has 0 aromatic rings. The fourth-order valence-electron chi connectivity index (χ4n) is 4.02. The summed E-state index contributed by atoms with van der Waals surface area (Å²) in [5, 5.41) is 3.77. The molecule has 0 radical (unpaired) electrons. The average molecular weight is 285 g/mol. The van der Waals surface area contributed by atoms with E-state index >= 15 is 0 Å². The van der Waals surface area contributed by atoms with Gasteiger partial charge in [-0.05, 0) is 44.1 Å². The number of nitrogens with one attached hydrogen (secondary N) is 1. The second-order valence-electron chi connectivity index (χ2n) is 6.80. The summed E-state index contributed by atoms with van der Waals surface area (Å²) in [6.45, 7) is 13.3. The zero-order chi connectivity index (χ0) is 13.8. The number of thioether (sulfide) groups is 1. The first kappa shape index (κ1) is 15.7. The fraction of sp³-hybridized carbons (Fsp3) is 1.00. The van der Waals surface area contributed by atoms with E-state index in [9.17, 15) is 0 Å². The van der Waals surface area contributed by atoms with E-state index in [1.165, 1.54) is 37.4 Å². The summed E-state index contributed by atoms with van der Waals surface area (Å²) < 4.78 is 0. The highest BCUT2D eigenvalue weighted by atomic mass is 32.2. The van der Waals surface area contributed by atoms with Crippen LogP contribution in [0.25, 0.3) is 0 Å². The highest BCUT2D eigenvalue weighted by Gasteiger charge is 2.35. The minimum Gasteiger partial charge on any atom is -0.314 e. The molecule has 2 aliphatic rings. The van der Waals surface area contributed by atoms with Gasteiger partial charge in [-0.3, -0.25) is 4.90 Å². The molecule has 1 aliphatic heterocycles. The van der Waals surface area contributed by atoms with E-state index in [1.54, 1.807) is 0 Å². The first-order valence-electron chi connectivity index (χ1n) is 8.17. The normalized spacial score (nSPS) is 41.4. The second-order valence-corrected chi connectivity index (χ2v) is 7.95. The largest absolute Gasteiger partial charge is 0.314 e. The van der Waals surface area contributed by atoms with Gasteiger partial charge in [0.15, 0.2) is 0 Å². The molecule has 2 nitrogen and oxygen atoms in total. The van der Waals surface area contributed by atoms with Crippen LogP contribution >= 0.6 is 11.8 Å². The Morgan fingerprint density at radius 2 is 2.00 bits per heavy atom.